The first-order chi connectivity index (χ1) is 8.63. The van der Waals surface area contributed by atoms with Crippen LogP contribution < -0.4 is 5.32 Å². The summed E-state index contributed by atoms with van der Waals surface area (Å²) >= 11 is 6.76. The molecule has 1 N–H and O–H groups in total. The van der Waals surface area contributed by atoms with E-state index >= 15 is 0 Å². The van der Waals surface area contributed by atoms with E-state index in [0.29, 0.717) is 12.2 Å². The molecule has 1 aliphatic rings. The van der Waals surface area contributed by atoms with E-state index in [4.69, 9.17) is 0 Å². The number of rotatable bonds is 4. The van der Waals surface area contributed by atoms with E-state index in [9.17, 15) is 10.1 Å². The number of hydrogen-bond acceptors (Lipinski definition) is 4. The minimum atomic E-state index is -0.627. The molecular weight excluding hydrogens is 332 g/mol. The third-order valence-corrected chi connectivity index (χ3v) is 5.78. The van der Waals surface area contributed by atoms with Gasteiger partial charge in [0, 0.05) is 26.9 Å². The number of aryl methyl sites for hydroxylation is 1. The Kier molecular flexibility index (Phi) is 4.71. The lowest BCUT2D eigenvalue weighted by atomic mass is 10.0. The van der Waals surface area contributed by atoms with E-state index in [0.717, 1.165) is 23.1 Å². The monoisotopic (exact) mass is 344 g/mol. The normalized spacial score (nSPS) is 22.7. The quantitative estimate of drug-likeness (QED) is 0.913. The summed E-state index contributed by atoms with van der Waals surface area (Å²) in [7, 11) is 0. The average Bonchev–Trinajstić information content (AvgIpc) is 2.97. The van der Waals surface area contributed by atoms with Crippen LogP contribution in [0.15, 0.2) is 15.9 Å². The molecule has 0 spiro atoms. The van der Waals surface area contributed by atoms with E-state index in [2.05, 4.69) is 27.3 Å². The molecule has 1 aliphatic heterocycles. The fourth-order valence-electron chi connectivity index (χ4n) is 1.83. The maximum absolute atomic E-state index is 11.9. The van der Waals surface area contributed by atoms with Gasteiger partial charge < -0.3 is 5.32 Å². The molecule has 1 amide bonds. The first-order valence-electron chi connectivity index (χ1n) is 5.66. The van der Waals surface area contributed by atoms with Crippen molar-refractivity contribution in [3.8, 4) is 6.07 Å². The second kappa shape index (κ2) is 6.09. The number of thiophene rings is 1. The van der Waals surface area contributed by atoms with Crippen LogP contribution in [0.25, 0.3) is 0 Å². The first kappa shape index (κ1) is 13.9. The van der Waals surface area contributed by atoms with Gasteiger partial charge in [-0.15, -0.1) is 11.3 Å². The van der Waals surface area contributed by atoms with Gasteiger partial charge in [-0.05, 0) is 40.6 Å². The van der Waals surface area contributed by atoms with Crippen LogP contribution in [0.1, 0.15) is 17.7 Å². The van der Waals surface area contributed by atoms with Crippen molar-refractivity contribution in [2.45, 2.75) is 24.8 Å². The fraction of sp³-hybridized carbons (Fsp3) is 0.500. The van der Waals surface area contributed by atoms with Crippen molar-refractivity contribution >= 4 is 44.9 Å². The Balaban J connectivity index is 1.83. The Bertz CT molecular complexity index is 475. The molecule has 1 atom stereocenters. The molecule has 1 aromatic heterocycles. The van der Waals surface area contributed by atoms with Gasteiger partial charge in [-0.3, -0.25) is 4.79 Å². The predicted molar refractivity (Wildman–Crippen MR) is 78.8 cm³/mol. The molecule has 0 unspecified atom stereocenters. The van der Waals surface area contributed by atoms with Crippen molar-refractivity contribution in [3.63, 3.8) is 0 Å². The number of nitrogens with one attached hydrogen (secondary N) is 1. The number of amides is 1. The minimum Gasteiger partial charge on any atom is -0.337 e. The number of thioether (sulfide) groups is 1. The zero-order chi connectivity index (χ0) is 13.0. The van der Waals surface area contributed by atoms with Gasteiger partial charge in [0.2, 0.25) is 5.91 Å². The van der Waals surface area contributed by atoms with Crippen molar-refractivity contribution < 1.29 is 4.79 Å². The van der Waals surface area contributed by atoms with Crippen molar-refractivity contribution in [1.29, 1.82) is 5.26 Å². The number of nitriles is 1. The highest BCUT2D eigenvalue weighted by Gasteiger charge is 2.35. The van der Waals surface area contributed by atoms with Gasteiger partial charge in [0.1, 0.15) is 5.54 Å². The highest BCUT2D eigenvalue weighted by molar-refractivity contribution is 9.10. The molecule has 2 heterocycles. The van der Waals surface area contributed by atoms with Crippen molar-refractivity contribution in [2.24, 2.45) is 0 Å². The molecule has 3 nitrogen and oxygen atoms in total. The fourth-order valence-corrected chi connectivity index (χ4v) is 4.55. The molecule has 0 bridgehead atoms. The zero-order valence-electron chi connectivity index (χ0n) is 9.74. The molecule has 96 valence electrons. The lowest BCUT2D eigenvalue weighted by Gasteiger charge is -2.20. The summed E-state index contributed by atoms with van der Waals surface area (Å²) in [6, 6.07) is 4.28. The number of halogens is 1. The predicted octanol–water partition coefficient (Wildman–Crippen LogP) is 2.96. The van der Waals surface area contributed by atoms with Crippen LogP contribution >= 0.6 is 39.0 Å². The van der Waals surface area contributed by atoms with E-state index in [1.165, 1.54) is 4.88 Å². The Labute approximate surface area is 123 Å². The maximum Gasteiger partial charge on any atom is 0.221 e. The van der Waals surface area contributed by atoms with Gasteiger partial charge in [0.15, 0.2) is 0 Å². The van der Waals surface area contributed by atoms with E-state index < -0.39 is 5.54 Å². The molecular formula is C12H13BrN2OS2. The summed E-state index contributed by atoms with van der Waals surface area (Å²) in [6.45, 7) is 0. The number of nitrogens with zero attached hydrogens (tertiary/aromatic N) is 1. The molecule has 2 rings (SSSR count). The molecule has 6 heteroatoms. The van der Waals surface area contributed by atoms with E-state index in [1.54, 1.807) is 23.1 Å². The van der Waals surface area contributed by atoms with Crippen LogP contribution in [0.5, 0.6) is 0 Å². The van der Waals surface area contributed by atoms with Crippen molar-refractivity contribution in [2.75, 3.05) is 11.5 Å². The molecule has 1 saturated heterocycles. The minimum absolute atomic E-state index is 0.0245. The highest BCUT2D eigenvalue weighted by Crippen LogP contribution is 2.27. The van der Waals surface area contributed by atoms with E-state index in [-0.39, 0.29) is 5.91 Å². The smallest absolute Gasteiger partial charge is 0.221 e. The van der Waals surface area contributed by atoms with Crippen LogP contribution in [0.3, 0.4) is 0 Å². The largest absolute Gasteiger partial charge is 0.337 e. The third-order valence-electron chi connectivity index (χ3n) is 2.83. The van der Waals surface area contributed by atoms with Crippen molar-refractivity contribution in [3.05, 3.63) is 20.8 Å². The van der Waals surface area contributed by atoms with Gasteiger partial charge in [-0.2, -0.15) is 17.0 Å². The lowest BCUT2D eigenvalue weighted by molar-refractivity contribution is -0.122. The Morgan fingerprint density at radius 3 is 3.06 bits per heavy atom. The Morgan fingerprint density at radius 2 is 2.50 bits per heavy atom. The van der Waals surface area contributed by atoms with Crippen molar-refractivity contribution in [1.82, 2.24) is 5.32 Å². The zero-order valence-corrected chi connectivity index (χ0v) is 13.0. The van der Waals surface area contributed by atoms with Gasteiger partial charge in [-0.1, -0.05) is 0 Å². The van der Waals surface area contributed by atoms with Gasteiger partial charge >= 0.3 is 0 Å². The topological polar surface area (TPSA) is 52.9 Å². The number of carbonyl (C=O) groups is 1. The average molecular weight is 345 g/mol. The summed E-state index contributed by atoms with van der Waals surface area (Å²) in [5.74, 6) is 1.63. The van der Waals surface area contributed by atoms with Crippen LogP contribution in [-0.2, 0) is 11.2 Å². The van der Waals surface area contributed by atoms with Crippen LogP contribution in [0, 0.1) is 11.3 Å². The maximum atomic E-state index is 11.9. The second-order valence-corrected chi connectivity index (χ2v) is 7.29. The Hall–Kier alpha value is -0.510. The summed E-state index contributed by atoms with van der Waals surface area (Å²) in [5, 5.41) is 14.1. The summed E-state index contributed by atoms with van der Waals surface area (Å²) < 4.78 is 1.06. The SMILES string of the molecule is N#C[C@]1(NC(=O)CCc2cc(Br)cs2)CCSC1. The highest BCUT2D eigenvalue weighted by atomic mass is 79.9. The molecule has 0 aromatic carbocycles. The molecule has 0 saturated carbocycles. The van der Waals surface area contributed by atoms with Gasteiger partial charge in [0.05, 0.1) is 6.07 Å². The second-order valence-electron chi connectivity index (χ2n) is 4.28. The lowest BCUT2D eigenvalue weighted by Crippen LogP contribution is -2.47. The third kappa shape index (κ3) is 3.50. The Morgan fingerprint density at radius 1 is 1.67 bits per heavy atom. The van der Waals surface area contributed by atoms with Crippen LogP contribution in [0.4, 0.5) is 0 Å². The molecule has 0 radical (unpaired) electrons. The summed E-state index contributed by atoms with van der Waals surface area (Å²) in [5.41, 5.74) is -0.627. The number of carbonyl (C=O) groups excluding carboxylic acids is 1. The van der Waals surface area contributed by atoms with Crippen LogP contribution in [0.2, 0.25) is 0 Å². The first-order valence-corrected chi connectivity index (χ1v) is 8.49. The molecule has 0 aliphatic carbocycles. The molecule has 1 aromatic rings. The molecule has 18 heavy (non-hydrogen) atoms. The van der Waals surface area contributed by atoms with Gasteiger partial charge in [-0.25, -0.2) is 0 Å². The number of hydrogen-bond donors (Lipinski definition) is 1. The van der Waals surface area contributed by atoms with Gasteiger partial charge in [0.25, 0.3) is 0 Å². The summed E-state index contributed by atoms with van der Waals surface area (Å²) in [4.78, 5) is 13.0. The van der Waals surface area contributed by atoms with E-state index in [1.807, 2.05) is 11.4 Å². The standard InChI is InChI=1S/C12H13BrN2OS2/c13-9-5-10(18-6-9)1-2-11(16)15-12(7-14)3-4-17-8-12/h5-6H,1-4,8H2,(H,15,16)/t12-/m1/s1. The summed E-state index contributed by atoms with van der Waals surface area (Å²) in [6.07, 6.45) is 1.93. The van der Waals surface area contributed by atoms with Crippen LogP contribution in [-0.4, -0.2) is 23.0 Å². The molecule has 1 fully saturated rings.